The van der Waals surface area contributed by atoms with Crippen LogP contribution in [0.15, 0.2) is 28.7 Å². The molecule has 1 aromatic carbocycles. The molecule has 20 heavy (non-hydrogen) atoms. The van der Waals surface area contributed by atoms with Gasteiger partial charge in [0.05, 0.1) is 0 Å². The monoisotopic (exact) mass is 339 g/mol. The molecule has 1 aliphatic rings. The summed E-state index contributed by atoms with van der Waals surface area (Å²) >= 11 is 3.45. The highest BCUT2D eigenvalue weighted by Gasteiger charge is 2.28. The Hall–Kier alpha value is -1.03. The summed E-state index contributed by atoms with van der Waals surface area (Å²) in [4.78, 5) is 14.0. The predicted molar refractivity (Wildman–Crippen MR) is 83.9 cm³/mol. The quantitative estimate of drug-likeness (QED) is 0.750. The van der Waals surface area contributed by atoms with Crippen molar-refractivity contribution in [3.05, 3.63) is 34.3 Å². The number of nitrogens with zero attached hydrogens (tertiary/aromatic N) is 1. The van der Waals surface area contributed by atoms with Crippen molar-refractivity contribution in [2.45, 2.75) is 45.1 Å². The maximum atomic E-state index is 12.1. The Bertz CT molecular complexity index is 464. The van der Waals surface area contributed by atoms with Crippen molar-refractivity contribution in [3.63, 3.8) is 0 Å². The Labute approximate surface area is 129 Å². The van der Waals surface area contributed by atoms with Crippen molar-refractivity contribution in [3.8, 4) is 0 Å². The highest BCUT2D eigenvalue weighted by atomic mass is 79.9. The number of carbonyl (C=O) groups excluding carboxylic acids is 1. The van der Waals surface area contributed by atoms with E-state index in [1.165, 1.54) is 5.56 Å². The Morgan fingerprint density at radius 2 is 1.95 bits per heavy atom. The van der Waals surface area contributed by atoms with Crippen LogP contribution in [0.4, 0.5) is 4.79 Å². The molecule has 0 aliphatic carbocycles. The highest BCUT2D eigenvalue weighted by Crippen LogP contribution is 2.28. The topological polar surface area (TPSA) is 29.5 Å². The number of halogens is 1. The molecule has 1 heterocycles. The van der Waals surface area contributed by atoms with Gasteiger partial charge in [0.2, 0.25) is 0 Å². The summed E-state index contributed by atoms with van der Waals surface area (Å²) in [5.74, 6) is 0.407. The summed E-state index contributed by atoms with van der Waals surface area (Å²) in [7, 11) is 0. The fourth-order valence-corrected chi connectivity index (χ4v) is 2.74. The number of piperidine rings is 1. The summed E-state index contributed by atoms with van der Waals surface area (Å²) in [5, 5.41) is 0. The van der Waals surface area contributed by atoms with Crippen molar-refractivity contribution in [1.82, 2.24) is 4.90 Å². The standard InChI is InChI=1S/C16H22BrNO2/c1-16(2,3)20-15(19)18-10-4-5-13(11-18)12-6-8-14(17)9-7-12/h6-9,13H,4-5,10-11H2,1-3H3/t13-/m1/s1. The molecule has 0 aromatic heterocycles. The van der Waals surface area contributed by atoms with Crippen LogP contribution in [-0.2, 0) is 4.74 Å². The first-order valence-electron chi connectivity index (χ1n) is 7.08. The molecule has 1 aliphatic heterocycles. The van der Waals surface area contributed by atoms with Crippen molar-refractivity contribution in [2.24, 2.45) is 0 Å². The fraction of sp³-hybridized carbons (Fsp3) is 0.562. The van der Waals surface area contributed by atoms with Crippen LogP contribution in [0.1, 0.15) is 45.1 Å². The van der Waals surface area contributed by atoms with Crippen molar-refractivity contribution >= 4 is 22.0 Å². The van der Waals surface area contributed by atoms with Crippen LogP contribution in [0.5, 0.6) is 0 Å². The lowest BCUT2D eigenvalue weighted by Crippen LogP contribution is -2.42. The number of rotatable bonds is 1. The van der Waals surface area contributed by atoms with Crippen LogP contribution < -0.4 is 0 Å². The molecule has 0 radical (unpaired) electrons. The van der Waals surface area contributed by atoms with Gasteiger partial charge in [-0.05, 0) is 51.3 Å². The first-order chi connectivity index (χ1) is 9.35. The van der Waals surface area contributed by atoms with E-state index in [9.17, 15) is 4.79 Å². The molecule has 0 saturated carbocycles. The van der Waals surface area contributed by atoms with Crippen molar-refractivity contribution < 1.29 is 9.53 Å². The van der Waals surface area contributed by atoms with E-state index in [-0.39, 0.29) is 6.09 Å². The van der Waals surface area contributed by atoms with Crippen LogP contribution in [0, 0.1) is 0 Å². The normalized spacial score (nSPS) is 19.8. The molecule has 4 heteroatoms. The molecular weight excluding hydrogens is 318 g/mol. The first-order valence-corrected chi connectivity index (χ1v) is 7.88. The number of amides is 1. The number of likely N-dealkylation sites (tertiary alicyclic amines) is 1. The van der Waals surface area contributed by atoms with Crippen LogP contribution >= 0.6 is 15.9 Å². The minimum atomic E-state index is -0.429. The molecule has 1 saturated heterocycles. The lowest BCUT2D eigenvalue weighted by atomic mass is 9.91. The average molecular weight is 340 g/mol. The zero-order chi connectivity index (χ0) is 14.8. The van der Waals surface area contributed by atoms with E-state index in [2.05, 4.69) is 40.2 Å². The first kappa shape index (κ1) is 15.4. The lowest BCUT2D eigenvalue weighted by Gasteiger charge is -2.34. The van der Waals surface area contributed by atoms with E-state index in [0.717, 1.165) is 30.4 Å². The predicted octanol–water partition coefficient (Wildman–Crippen LogP) is 4.56. The molecular formula is C16H22BrNO2. The summed E-state index contributed by atoms with van der Waals surface area (Å²) in [6, 6.07) is 8.38. The molecule has 0 unspecified atom stereocenters. The molecule has 0 bridgehead atoms. The third-order valence-electron chi connectivity index (χ3n) is 3.41. The van der Waals surface area contributed by atoms with E-state index in [4.69, 9.17) is 4.74 Å². The highest BCUT2D eigenvalue weighted by molar-refractivity contribution is 9.10. The number of ether oxygens (including phenoxy) is 1. The van der Waals surface area contributed by atoms with Gasteiger partial charge in [0.15, 0.2) is 0 Å². The van der Waals surface area contributed by atoms with Crippen LogP contribution in [0.3, 0.4) is 0 Å². The van der Waals surface area contributed by atoms with Gasteiger partial charge in [-0.25, -0.2) is 4.79 Å². The second-order valence-electron chi connectivity index (χ2n) is 6.32. The number of hydrogen-bond donors (Lipinski definition) is 0. The van der Waals surface area contributed by atoms with Gasteiger partial charge in [-0.3, -0.25) is 0 Å². The van der Waals surface area contributed by atoms with Gasteiger partial charge in [0, 0.05) is 23.5 Å². The molecule has 1 atom stereocenters. The lowest BCUT2D eigenvalue weighted by molar-refractivity contribution is 0.0198. The van der Waals surface area contributed by atoms with E-state index >= 15 is 0 Å². The van der Waals surface area contributed by atoms with Gasteiger partial charge in [-0.2, -0.15) is 0 Å². The van der Waals surface area contributed by atoms with Crippen LogP contribution in [0.2, 0.25) is 0 Å². The van der Waals surface area contributed by atoms with Gasteiger partial charge in [-0.15, -0.1) is 0 Å². The summed E-state index contributed by atoms with van der Waals surface area (Å²) in [5.41, 5.74) is 0.864. The van der Waals surface area contributed by atoms with Crippen LogP contribution in [0.25, 0.3) is 0 Å². The average Bonchev–Trinajstić information content (AvgIpc) is 2.38. The smallest absolute Gasteiger partial charge is 0.410 e. The Morgan fingerprint density at radius 3 is 2.55 bits per heavy atom. The van der Waals surface area contributed by atoms with Crippen molar-refractivity contribution in [2.75, 3.05) is 13.1 Å². The maximum Gasteiger partial charge on any atom is 0.410 e. The van der Waals surface area contributed by atoms with E-state index in [1.54, 1.807) is 0 Å². The molecule has 2 rings (SSSR count). The minimum absolute atomic E-state index is 0.195. The number of benzene rings is 1. The molecule has 1 amide bonds. The zero-order valence-corrected chi connectivity index (χ0v) is 13.9. The molecule has 1 fully saturated rings. The summed E-state index contributed by atoms with van der Waals surface area (Å²) in [6.07, 6.45) is 1.96. The Morgan fingerprint density at radius 1 is 1.30 bits per heavy atom. The Balaban J connectivity index is 2.01. The number of carbonyl (C=O) groups is 1. The van der Waals surface area contributed by atoms with Gasteiger partial charge >= 0.3 is 6.09 Å². The largest absolute Gasteiger partial charge is 0.444 e. The Kier molecular flexibility index (Phi) is 4.74. The molecule has 0 N–H and O–H groups in total. The number of hydrogen-bond acceptors (Lipinski definition) is 2. The third-order valence-corrected chi connectivity index (χ3v) is 3.94. The minimum Gasteiger partial charge on any atom is -0.444 e. The van der Waals surface area contributed by atoms with E-state index < -0.39 is 5.60 Å². The molecule has 110 valence electrons. The van der Waals surface area contributed by atoms with Gasteiger partial charge < -0.3 is 9.64 Å². The van der Waals surface area contributed by atoms with Gasteiger partial charge in [0.1, 0.15) is 5.60 Å². The SMILES string of the molecule is CC(C)(C)OC(=O)N1CCC[C@@H](c2ccc(Br)cc2)C1. The van der Waals surface area contributed by atoms with E-state index in [1.807, 2.05) is 25.7 Å². The van der Waals surface area contributed by atoms with Crippen LogP contribution in [-0.4, -0.2) is 29.7 Å². The van der Waals surface area contributed by atoms with E-state index in [0.29, 0.717) is 5.92 Å². The zero-order valence-electron chi connectivity index (χ0n) is 12.4. The van der Waals surface area contributed by atoms with Gasteiger partial charge in [0.25, 0.3) is 0 Å². The second-order valence-corrected chi connectivity index (χ2v) is 7.23. The van der Waals surface area contributed by atoms with Gasteiger partial charge in [-0.1, -0.05) is 28.1 Å². The molecule has 1 aromatic rings. The van der Waals surface area contributed by atoms with Crippen molar-refractivity contribution in [1.29, 1.82) is 0 Å². The third kappa shape index (κ3) is 4.23. The summed E-state index contributed by atoms with van der Waals surface area (Å²) in [6.45, 7) is 7.25. The second kappa shape index (κ2) is 6.17. The maximum absolute atomic E-state index is 12.1. The summed E-state index contributed by atoms with van der Waals surface area (Å²) < 4.78 is 6.54. The molecule has 0 spiro atoms. The fourth-order valence-electron chi connectivity index (χ4n) is 2.48. The molecule has 3 nitrogen and oxygen atoms in total.